The van der Waals surface area contributed by atoms with E-state index in [1.807, 2.05) is 0 Å². The normalized spacial score (nSPS) is 25.0. The Morgan fingerprint density at radius 2 is 1.75 bits per heavy atom. The number of hydrogen-bond donors (Lipinski definition) is 3. The van der Waals surface area contributed by atoms with Crippen LogP contribution >= 0.6 is 0 Å². The first-order chi connectivity index (χ1) is 11.5. The average Bonchev–Trinajstić information content (AvgIpc) is 2.89. The molecule has 1 saturated carbocycles. The largest absolute Gasteiger partial charge is 0.481 e. The Labute approximate surface area is 147 Å². The number of rotatable bonds is 14. The molecular formula is C20H38O4. The molecule has 0 aromatic heterocycles. The second kappa shape index (κ2) is 12.7. The summed E-state index contributed by atoms with van der Waals surface area (Å²) < 4.78 is 0. The lowest BCUT2D eigenvalue weighted by molar-refractivity contribution is -0.137. The highest BCUT2D eigenvalue weighted by Crippen LogP contribution is 2.39. The monoisotopic (exact) mass is 342 g/mol. The van der Waals surface area contributed by atoms with Crippen LogP contribution in [0.4, 0.5) is 0 Å². The Hall–Kier alpha value is -0.610. The van der Waals surface area contributed by atoms with Crippen molar-refractivity contribution in [2.75, 3.05) is 0 Å². The fraction of sp³-hybridized carbons (Fsp3) is 0.950. The van der Waals surface area contributed by atoms with Crippen LogP contribution in [0.5, 0.6) is 0 Å². The van der Waals surface area contributed by atoms with Gasteiger partial charge in [-0.05, 0) is 56.8 Å². The maximum absolute atomic E-state index is 10.5. The van der Waals surface area contributed by atoms with Gasteiger partial charge >= 0.3 is 5.97 Å². The zero-order chi connectivity index (χ0) is 17.8. The Bertz CT molecular complexity index is 332. The molecular weight excluding hydrogens is 304 g/mol. The van der Waals surface area contributed by atoms with Crippen LogP contribution in [0.3, 0.4) is 0 Å². The van der Waals surface area contributed by atoms with Gasteiger partial charge in [0.2, 0.25) is 0 Å². The molecule has 0 aliphatic heterocycles. The van der Waals surface area contributed by atoms with E-state index in [2.05, 4.69) is 6.92 Å². The number of carbonyl (C=O) groups is 1. The van der Waals surface area contributed by atoms with E-state index in [9.17, 15) is 15.0 Å². The molecule has 1 rings (SSSR count). The number of aliphatic carboxylic acids is 1. The molecule has 0 saturated heterocycles. The van der Waals surface area contributed by atoms with E-state index < -0.39 is 5.97 Å². The van der Waals surface area contributed by atoms with Gasteiger partial charge in [0.25, 0.3) is 0 Å². The summed E-state index contributed by atoms with van der Waals surface area (Å²) in [6.07, 6.45) is 13.2. The lowest BCUT2D eigenvalue weighted by Crippen LogP contribution is -2.20. The van der Waals surface area contributed by atoms with E-state index in [0.29, 0.717) is 11.8 Å². The van der Waals surface area contributed by atoms with Crippen LogP contribution in [0.15, 0.2) is 0 Å². The zero-order valence-electron chi connectivity index (χ0n) is 15.5. The van der Waals surface area contributed by atoms with Gasteiger partial charge in [0, 0.05) is 6.42 Å². The number of carboxylic acid groups (broad SMARTS) is 1. The predicted molar refractivity (Wildman–Crippen MR) is 96.9 cm³/mol. The molecule has 4 nitrogen and oxygen atoms in total. The topological polar surface area (TPSA) is 77.8 Å². The van der Waals surface area contributed by atoms with Crippen LogP contribution in [0.1, 0.15) is 96.8 Å². The fourth-order valence-electron chi connectivity index (χ4n) is 4.10. The van der Waals surface area contributed by atoms with Gasteiger partial charge in [-0.15, -0.1) is 0 Å². The smallest absolute Gasteiger partial charge is 0.303 e. The third-order valence-electron chi connectivity index (χ3n) is 5.62. The third kappa shape index (κ3) is 9.03. The molecule has 1 aliphatic carbocycles. The highest BCUT2D eigenvalue weighted by Gasteiger charge is 2.34. The van der Waals surface area contributed by atoms with Crippen molar-refractivity contribution in [2.45, 2.75) is 109 Å². The van der Waals surface area contributed by atoms with E-state index in [4.69, 9.17) is 5.11 Å². The summed E-state index contributed by atoms with van der Waals surface area (Å²) in [5, 5.41) is 29.0. The molecule has 0 aromatic carbocycles. The fourth-order valence-corrected chi connectivity index (χ4v) is 4.10. The standard InChI is InChI=1S/C20H38O4/c1-2-3-6-9-17(21)14-12-16-13-15-19(22)18(16)10-7-4-5-8-11-20(23)24/h16-19,21-22H,2-15H2,1H3,(H,23,24)/t16?,17?,18-,19?/m1/s1. The first kappa shape index (κ1) is 21.4. The summed E-state index contributed by atoms with van der Waals surface area (Å²) in [4.78, 5) is 10.5. The van der Waals surface area contributed by atoms with Gasteiger partial charge in [0.1, 0.15) is 0 Å². The van der Waals surface area contributed by atoms with Crippen LogP contribution < -0.4 is 0 Å². The molecule has 0 radical (unpaired) electrons. The molecule has 3 N–H and O–H groups in total. The number of aliphatic hydroxyl groups excluding tert-OH is 2. The van der Waals surface area contributed by atoms with E-state index in [1.54, 1.807) is 0 Å². The Kier molecular flexibility index (Phi) is 11.4. The molecule has 1 aliphatic rings. The van der Waals surface area contributed by atoms with Crippen molar-refractivity contribution >= 4 is 5.97 Å². The molecule has 0 amide bonds. The van der Waals surface area contributed by atoms with Crippen molar-refractivity contribution in [1.82, 2.24) is 0 Å². The maximum Gasteiger partial charge on any atom is 0.303 e. The molecule has 4 heteroatoms. The number of aliphatic hydroxyl groups is 2. The lowest BCUT2D eigenvalue weighted by Gasteiger charge is -2.23. The van der Waals surface area contributed by atoms with Crippen LogP contribution in [0.25, 0.3) is 0 Å². The third-order valence-corrected chi connectivity index (χ3v) is 5.62. The summed E-state index contributed by atoms with van der Waals surface area (Å²) >= 11 is 0. The quantitative estimate of drug-likeness (QED) is 0.406. The summed E-state index contributed by atoms with van der Waals surface area (Å²) in [5.41, 5.74) is 0. The summed E-state index contributed by atoms with van der Waals surface area (Å²) in [5.74, 6) is 0.228. The molecule has 142 valence electrons. The minimum absolute atomic E-state index is 0.175. The molecule has 0 aromatic rings. The Morgan fingerprint density at radius 1 is 1.00 bits per heavy atom. The number of unbranched alkanes of at least 4 members (excludes halogenated alkanes) is 5. The van der Waals surface area contributed by atoms with E-state index >= 15 is 0 Å². The first-order valence-electron chi connectivity index (χ1n) is 10.1. The predicted octanol–water partition coefficient (Wildman–Crippen LogP) is 4.52. The van der Waals surface area contributed by atoms with Crippen LogP contribution in [0.2, 0.25) is 0 Å². The first-order valence-corrected chi connectivity index (χ1v) is 10.1. The van der Waals surface area contributed by atoms with Crippen molar-refractivity contribution < 1.29 is 20.1 Å². The summed E-state index contributed by atoms with van der Waals surface area (Å²) in [7, 11) is 0. The van der Waals surface area contributed by atoms with Gasteiger partial charge in [-0.1, -0.05) is 45.4 Å². The van der Waals surface area contributed by atoms with E-state index in [0.717, 1.165) is 70.6 Å². The molecule has 24 heavy (non-hydrogen) atoms. The van der Waals surface area contributed by atoms with Crippen molar-refractivity contribution in [2.24, 2.45) is 11.8 Å². The SMILES string of the molecule is CCCCCC(O)CCC1CCC(O)[C@@H]1CCCCCCC(=O)O. The lowest BCUT2D eigenvalue weighted by atomic mass is 9.85. The molecule has 4 atom stereocenters. The highest BCUT2D eigenvalue weighted by atomic mass is 16.4. The minimum Gasteiger partial charge on any atom is -0.481 e. The van der Waals surface area contributed by atoms with Gasteiger partial charge in [0.15, 0.2) is 0 Å². The molecule has 3 unspecified atom stereocenters. The van der Waals surface area contributed by atoms with E-state index in [1.165, 1.54) is 12.8 Å². The second-order valence-electron chi connectivity index (χ2n) is 7.64. The second-order valence-corrected chi connectivity index (χ2v) is 7.64. The summed E-state index contributed by atoms with van der Waals surface area (Å²) in [6.45, 7) is 2.18. The Morgan fingerprint density at radius 3 is 2.46 bits per heavy atom. The maximum atomic E-state index is 10.5. The highest BCUT2D eigenvalue weighted by molar-refractivity contribution is 5.66. The van der Waals surface area contributed by atoms with Crippen molar-refractivity contribution in [3.8, 4) is 0 Å². The van der Waals surface area contributed by atoms with Gasteiger partial charge in [0.05, 0.1) is 12.2 Å². The van der Waals surface area contributed by atoms with Crippen LogP contribution in [0, 0.1) is 11.8 Å². The average molecular weight is 343 g/mol. The van der Waals surface area contributed by atoms with E-state index in [-0.39, 0.29) is 18.6 Å². The van der Waals surface area contributed by atoms with Gasteiger partial charge in [-0.3, -0.25) is 4.79 Å². The van der Waals surface area contributed by atoms with Crippen LogP contribution in [-0.2, 0) is 4.79 Å². The van der Waals surface area contributed by atoms with Gasteiger partial charge in [-0.25, -0.2) is 0 Å². The molecule has 0 spiro atoms. The van der Waals surface area contributed by atoms with Crippen molar-refractivity contribution in [1.29, 1.82) is 0 Å². The minimum atomic E-state index is -0.709. The van der Waals surface area contributed by atoms with Gasteiger partial charge < -0.3 is 15.3 Å². The summed E-state index contributed by atoms with van der Waals surface area (Å²) in [6, 6.07) is 0. The molecule has 0 heterocycles. The van der Waals surface area contributed by atoms with Crippen molar-refractivity contribution in [3.63, 3.8) is 0 Å². The number of carboxylic acids is 1. The molecule has 1 fully saturated rings. The van der Waals surface area contributed by atoms with Crippen LogP contribution in [-0.4, -0.2) is 33.5 Å². The number of hydrogen-bond acceptors (Lipinski definition) is 3. The molecule has 0 bridgehead atoms. The van der Waals surface area contributed by atoms with Crippen molar-refractivity contribution in [3.05, 3.63) is 0 Å². The zero-order valence-corrected chi connectivity index (χ0v) is 15.5. The van der Waals surface area contributed by atoms with Gasteiger partial charge in [-0.2, -0.15) is 0 Å². The Balaban J connectivity index is 2.18.